The molecule has 0 aliphatic carbocycles. The highest BCUT2D eigenvalue weighted by Crippen LogP contribution is 2.23. The topological polar surface area (TPSA) is 67.6 Å². The van der Waals surface area contributed by atoms with Crippen LogP contribution in [0.4, 0.5) is 0 Å². The minimum atomic E-state index is -0.638. The Morgan fingerprint density at radius 3 is 2.91 bits per heavy atom. The molecule has 0 radical (unpaired) electrons. The van der Waals surface area contributed by atoms with E-state index in [4.69, 9.17) is 4.74 Å². The summed E-state index contributed by atoms with van der Waals surface area (Å²) < 4.78 is 7.00. The number of aromatic nitrogens is 2. The number of benzene rings is 1. The van der Waals surface area contributed by atoms with Crippen LogP contribution in [0.1, 0.15) is 23.0 Å². The highest BCUT2D eigenvalue weighted by atomic mass is 16.5. The first kappa shape index (κ1) is 15.0. The summed E-state index contributed by atoms with van der Waals surface area (Å²) in [5.74, 6) is -0.159. The fraction of sp³-hybridized carbons (Fsp3) is 0.500. The minimum absolute atomic E-state index is 0.159. The van der Waals surface area contributed by atoms with Crippen LogP contribution in [0.5, 0.6) is 0 Å². The van der Waals surface area contributed by atoms with Crippen molar-refractivity contribution in [1.82, 2.24) is 14.7 Å². The summed E-state index contributed by atoms with van der Waals surface area (Å²) in [7, 11) is 1.83. The number of ether oxygens (including phenoxy) is 1. The molecule has 0 saturated carbocycles. The van der Waals surface area contributed by atoms with Gasteiger partial charge >= 0.3 is 0 Å². The molecule has 6 heteroatoms. The number of amides is 1. The molecule has 1 N–H and O–H groups in total. The van der Waals surface area contributed by atoms with Gasteiger partial charge in [0.25, 0.3) is 5.91 Å². The van der Waals surface area contributed by atoms with Gasteiger partial charge in [-0.05, 0) is 26.0 Å². The highest BCUT2D eigenvalue weighted by molar-refractivity contribution is 6.05. The van der Waals surface area contributed by atoms with Gasteiger partial charge in [-0.2, -0.15) is 5.10 Å². The molecule has 2 aromatic rings. The van der Waals surface area contributed by atoms with Gasteiger partial charge in [-0.15, -0.1) is 0 Å². The maximum absolute atomic E-state index is 12.9. The summed E-state index contributed by atoms with van der Waals surface area (Å²) >= 11 is 0. The molecule has 0 bridgehead atoms. The second-order valence-corrected chi connectivity index (χ2v) is 5.76. The van der Waals surface area contributed by atoms with E-state index in [0.717, 1.165) is 16.5 Å². The van der Waals surface area contributed by atoms with Crippen molar-refractivity contribution in [1.29, 1.82) is 0 Å². The maximum atomic E-state index is 12.9. The Morgan fingerprint density at radius 2 is 2.27 bits per heavy atom. The third-order valence-corrected chi connectivity index (χ3v) is 4.23. The Labute approximate surface area is 129 Å². The Kier molecular flexibility index (Phi) is 3.88. The van der Waals surface area contributed by atoms with E-state index in [9.17, 15) is 9.90 Å². The lowest BCUT2D eigenvalue weighted by molar-refractivity contribution is 0.0516. The van der Waals surface area contributed by atoms with Crippen LogP contribution in [0, 0.1) is 6.92 Å². The van der Waals surface area contributed by atoms with E-state index in [0.29, 0.717) is 18.8 Å². The summed E-state index contributed by atoms with van der Waals surface area (Å²) in [5.41, 5.74) is 2.44. The molecule has 118 valence electrons. The van der Waals surface area contributed by atoms with Crippen LogP contribution in [0.2, 0.25) is 0 Å². The van der Waals surface area contributed by atoms with Gasteiger partial charge in [-0.3, -0.25) is 9.48 Å². The van der Waals surface area contributed by atoms with Crippen molar-refractivity contribution in [2.24, 2.45) is 7.05 Å². The smallest absolute Gasteiger partial charge is 0.275 e. The van der Waals surface area contributed by atoms with Gasteiger partial charge in [0.1, 0.15) is 0 Å². The van der Waals surface area contributed by atoms with Crippen LogP contribution in [0.25, 0.3) is 10.9 Å². The van der Waals surface area contributed by atoms with Crippen molar-refractivity contribution in [3.8, 4) is 0 Å². The van der Waals surface area contributed by atoms with Crippen molar-refractivity contribution in [3.63, 3.8) is 0 Å². The first-order chi connectivity index (χ1) is 10.5. The molecule has 3 rings (SSSR count). The number of carbonyl (C=O) groups is 1. The number of aryl methyl sites for hydroxylation is 2. The van der Waals surface area contributed by atoms with Crippen LogP contribution in [-0.2, 0) is 11.8 Å². The third-order valence-electron chi connectivity index (χ3n) is 4.23. The Balaban J connectivity index is 2.02. The summed E-state index contributed by atoms with van der Waals surface area (Å²) in [6, 6.07) is 5.65. The Hall–Kier alpha value is -1.92. The van der Waals surface area contributed by atoms with Crippen LogP contribution in [-0.4, -0.2) is 57.6 Å². The van der Waals surface area contributed by atoms with Crippen molar-refractivity contribution in [3.05, 3.63) is 29.5 Å². The van der Waals surface area contributed by atoms with Crippen LogP contribution in [0.3, 0.4) is 0 Å². The van der Waals surface area contributed by atoms with Gasteiger partial charge in [0.2, 0.25) is 0 Å². The van der Waals surface area contributed by atoms with Crippen molar-refractivity contribution in [2.45, 2.75) is 26.0 Å². The molecule has 0 unspecified atom stereocenters. The molecule has 1 saturated heterocycles. The predicted molar refractivity (Wildman–Crippen MR) is 82.8 cm³/mol. The van der Waals surface area contributed by atoms with E-state index in [1.54, 1.807) is 9.58 Å². The van der Waals surface area contributed by atoms with Gasteiger partial charge < -0.3 is 14.7 Å². The van der Waals surface area contributed by atoms with E-state index in [1.165, 1.54) is 0 Å². The van der Waals surface area contributed by atoms with Crippen molar-refractivity contribution < 1.29 is 14.6 Å². The van der Waals surface area contributed by atoms with Gasteiger partial charge in [0.05, 0.1) is 30.9 Å². The normalized spacial score (nSPS) is 21.5. The number of rotatable bonds is 3. The number of hydrogen-bond donors (Lipinski definition) is 1. The first-order valence-electron chi connectivity index (χ1n) is 7.53. The summed E-state index contributed by atoms with van der Waals surface area (Å²) in [6.45, 7) is 5.04. The molecule has 1 amide bonds. The summed E-state index contributed by atoms with van der Waals surface area (Å²) in [4.78, 5) is 14.6. The molecular formula is C16H21N3O3. The largest absolute Gasteiger partial charge is 0.388 e. The zero-order valence-electron chi connectivity index (χ0n) is 13.1. The summed E-state index contributed by atoms with van der Waals surface area (Å²) in [6.07, 6.45) is -0.638. The predicted octanol–water partition coefficient (Wildman–Crippen LogP) is 1.10. The third kappa shape index (κ3) is 2.38. The molecule has 1 aliphatic rings. The average Bonchev–Trinajstić information content (AvgIpc) is 3.04. The summed E-state index contributed by atoms with van der Waals surface area (Å²) in [5, 5.41) is 15.3. The van der Waals surface area contributed by atoms with Crippen LogP contribution >= 0.6 is 0 Å². The fourth-order valence-corrected chi connectivity index (χ4v) is 3.03. The molecule has 1 fully saturated rings. The number of hydrogen-bond acceptors (Lipinski definition) is 4. The maximum Gasteiger partial charge on any atom is 0.275 e. The number of nitrogens with zero attached hydrogens (tertiary/aromatic N) is 3. The lowest BCUT2D eigenvalue weighted by Crippen LogP contribution is -2.46. The highest BCUT2D eigenvalue weighted by Gasteiger charge is 2.35. The molecule has 2 heterocycles. The van der Waals surface area contributed by atoms with Crippen molar-refractivity contribution >= 4 is 16.8 Å². The SMILES string of the molecule is CCN(C(=O)c1nn(C)c2ccc(C)cc12)[C@H]1COC[C@@H]1O. The standard InChI is InChI=1S/C16H21N3O3/c1-4-19(13-8-22-9-14(13)20)16(21)15-11-7-10(2)5-6-12(11)18(3)17-15/h5-7,13-14,20H,4,8-9H2,1-3H3/t13-,14-/m0/s1. The molecule has 22 heavy (non-hydrogen) atoms. The molecule has 0 spiro atoms. The van der Waals surface area contributed by atoms with E-state index in [2.05, 4.69) is 5.10 Å². The van der Waals surface area contributed by atoms with E-state index < -0.39 is 6.10 Å². The number of fused-ring (bicyclic) bond motifs is 1. The van der Waals surface area contributed by atoms with Gasteiger partial charge in [0.15, 0.2) is 5.69 Å². The Morgan fingerprint density at radius 1 is 1.50 bits per heavy atom. The fourth-order valence-electron chi connectivity index (χ4n) is 3.03. The van der Waals surface area contributed by atoms with Gasteiger partial charge in [-0.25, -0.2) is 0 Å². The second kappa shape index (κ2) is 5.70. The minimum Gasteiger partial charge on any atom is -0.388 e. The van der Waals surface area contributed by atoms with Crippen LogP contribution < -0.4 is 0 Å². The first-order valence-corrected chi connectivity index (χ1v) is 7.53. The molecule has 1 aromatic heterocycles. The molecule has 2 atom stereocenters. The zero-order chi connectivity index (χ0) is 15.9. The quantitative estimate of drug-likeness (QED) is 0.922. The lowest BCUT2D eigenvalue weighted by Gasteiger charge is -2.28. The number of aliphatic hydroxyl groups excluding tert-OH is 1. The zero-order valence-corrected chi connectivity index (χ0v) is 13.1. The molecule has 1 aliphatic heterocycles. The van der Waals surface area contributed by atoms with E-state index >= 15 is 0 Å². The Bertz CT molecular complexity index is 710. The lowest BCUT2D eigenvalue weighted by atomic mass is 10.1. The number of aliphatic hydroxyl groups is 1. The van der Waals surface area contributed by atoms with Crippen LogP contribution in [0.15, 0.2) is 18.2 Å². The van der Waals surface area contributed by atoms with E-state index in [1.807, 2.05) is 39.1 Å². The second-order valence-electron chi connectivity index (χ2n) is 5.76. The molecular weight excluding hydrogens is 282 g/mol. The van der Waals surface area contributed by atoms with Gasteiger partial charge in [0, 0.05) is 19.0 Å². The molecule has 6 nitrogen and oxygen atoms in total. The van der Waals surface area contributed by atoms with Crippen molar-refractivity contribution in [2.75, 3.05) is 19.8 Å². The van der Waals surface area contributed by atoms with Gasteiger partial charge in [-0.1, -0.05) is 11.6 Å². The molecule has 1 aromatic carbocycles. The average molecular weight is 303 g/mol. The number of likely N-dealkylation sites (N-methyl/N-ethyl adjacent to an activating group) is 1. The monoisotopic (exact) mass is 303 g/mol. The van der Waals surface area contributed by atoms with E-state index in [-0.39, 0.29) is 18.6 Å². The number of carbonyl (C=O) groups excluding carboxylic acids is 1.